The van der Waals surface area contributed by atoms with E-state index in [2.05, 4.69) is 85.7 Å². The van der Waals surface area contributed by atoms with Crippen molar-refractivity contribution in [2.24, 2.45) is 17.2 Å². The van der Waals surface area contributed by atoms with Gasteiger partial charge in [-0.1, -0.05) is 165 Å². The predicted molar refractivity (Wildman–Crippen MR) is 494 cm³/mol. The number of guanidine groups is 1. The van der Waals surface area contributed by atoms with Gasteiger partial charge in [0.1, 0.15) is 83.8 Å². The summed E-state index contributed by atoms with van der Waals surface area (Å²) in [5, 5.41) is 70.8. The van der Waals surface area contributed by atoms with Crippen molar-refractivity contribution in [3.05, 3.63) is 90.1 Å². The van der Waals surface area contributed by atoms with Crippen LogP contribution in [0.4, 0.5) is 0 Å². The van der Waals surface area contributed by atoms with Crippen LogP contribution in [0.25, 0.3) is 10.9 Å². The normalized spacial score (nSPS) is 19.0. The lowest BCUT2D eigenvalue weighted by Gasteiger charge is -2.31. The van der Waals surface area contributed by atoms with Crippen molar-refractivity contribution >= 4 is 127 Å². The molecule has 6 rings (SSSR count). The number of rotatable bonds is 54. The van der Waals surface area contributed by atoms with Gasteiger partial charge in [0, 0.05) is 101 Å². The highest BCUT2D eigenvalue weighted by molar-refractivity contribution is 7.92. The molecule has 2 aliphatic heterocycles. The smallest absolute Gasteiger partial charge is 0.303 e. The van der Waals surface area contributed by atoms with Crippen LogP contribution in [0.5, 0.6) is 0 Å². The third-order valence-corrected chi connectivity index (χ3v) is 25.0. The van der Waals surface area contributed by atoms with Crippen molar-refractivity contribution in [2.45, 2.75) is 318 Å². The summed E-state index contributed by atoms with van der Waals surface area (Å²) in [4.78, 5) is 249. The van der Waals surface area contributed by atoms with E-state index in [9.17, 15) is 90.9 Å². The Balaban J connectivity index is 1.17. The van der Waals surface area contributed by atoms with E-state index in [-0.39, 0.29) is 108 Å². The number of aromatic nitrogens is 3. The van der Waals surface area contributed by atoms with Gasteiger partial charge in [0.25, 0.3) is 0 Å². The summed E-state index contributed by atoms with van der Waals surface area (Å²) in [5.41, 5.74) is 18.9. The maximum Gasteiger partial charge on any atom is 0.303 e. The van der Waals surface area contributed by atoms with Crippen molar-refractivity contribution < 1.29 is 105 Å². The number of fused-ring (bicyclic) bond motifs is 2. The van der Waals surface area contributed by atoms with Crippen molar-refractivity contribution in [1.29, 1.82) is 5.41 Å². The number of unbranched alkanes of at least 4 members (excludes halogenated alkanes) is 13. The number of carbonyl (C=O) groups excluding carboxylic acids is 16. The molecule has 0 bridgehead atoms. The van der Waals surface area contributed by atoms with E-state index in [0.29, 0.717) is 41.3 Å². The van der Waals surface area contributed by atoms with Crippen LogP contribution in [0.3, 0.4) is 0 Å². The fraction of sp³-hybridized carbons (Fsp3) is 0.615. The number of imidazole rings is 1. The zero-order valence-electron chi connectivity index (χ0n) is 76.7. The zero-order chi connectivity index (χ0) is 98.1. The van der Waals surface area contributed by atoms with Crippen LogP contribution in [0, 0.1) is 5.41 Å². The Morgan fingerprint density at radius 3 is 1.80 bits per heavy atom. The molecule has 12 atom stereocenters. The number of nitrogens with zero attached hydrogens (tertiary/aromatic N) is 2. The number of carboxylic acid groups (broad SMARTS) is 1. The van der Waals surface area contributed by atoms with Crippen LogP contribution in [0.1, 0.15) is 243 Å². The molecule has 2 aromatic carbocycles. The molecule has 0 spiro atoms. The largest absolute Gasteiger partial charge is 0.481 e. The first-order valence-electron chi connectivity index (χ1n) is 46.6. The molecule has 0 aliphatic carbocycles. The number of carbonyl (C=O) groups is 17. The summed E-state index contributed by atoms with van der Waals surface area (Å²) in [6, 6.07) is -2.33. The van der Waals surface area contributed by atoms with Gasteiger partial charge in [-0.25, -0.2) is 13.4 Å². The van der Waals surface area contributed by atoms with E-state index in [1.807, 2.05) is 6.07 Å². The minimum absolute atomic E-state index is 0.0157. The van der Waals surface area contributed by atoms with Crippen molar-refractivity contribution in [3.63, 3.8) is 0 Å². The van der Waals surface area contributed by atoms with E-state index in [1.165, 1.54) is 57.5 Å². The van der Waals surface area contributed by atoms with Crippen LogP contribution in [-0.2, 0) is 111 Å². The Morgan fingerprint density at radius 1 is 0.575 bits per heavy atom. The molecular weight excluding hydrogens is 1760 g/mol. The van der Waals surface area contributed by atoms with Crippen molar-refractivity contribution in [1.82, 2.24) is 83.7 Å². The van der Waals surface area contributed by atoms with E-state index >= 15 is 14.4 Å². The molecule has 14 amide bonds. The van der Waals surface area contributed by atoms with Gasteiger partial charge in [-0.2, -0.15) is 0 Å². The molecular formula is C91H138N20O22S. The number of aliphatic carboxylic acids is 1. The van der Waals surface area contributed by atoms with E-state index in [0.717, 1.165) is 37.0 Å². The monoisotopic (exact) mass is 1900 g/mol. The molecule has 42 nitrogen and oxygen atoms in total. The van der Waals surface area contributed by atoms with E-state index in [1.54, 1.807) is 61.7 Å². The first-order valence-corrected chi connectivity index (χ1v) is 48.5. The Labute approximate surface area is 780 Å². The van der Waals surface area contributed by atoms with Crippen molar-refractivity contribution in [2.75, 3.05) is 37.7 Å². The molecule has 4 aromatic rings. The maximum atomic E-state index is 15.4. The number of ketones is 2. The summed E-state index contributed by atoms with van der Waals surface area (Å²) in [6.45, 7) is 1.49. The summed E-state index contributed by atoms with van der Waals surface area (Å²) in [5.74, 6) is -18.0. The van der Waals surface area contributed by atoms with Crippen LogP contribution >= 0.6 is 0 Å². The molecule has 2 saturated heterocycles. The molecule has 24 N–H and O–H groups in total. The third kappa shape index (κ3) is 41.1. The number of amides is 14. The number of benzene rings is 2. The van der Waals surface area contributed by atoms with E-state index < -0.39 is 259 Å². The van der Waals surface area contributed by atoms with E-state index in [4.69, 9.17) is 22.6 Å². The number of nitrogens with two attached hydrogens (primary N) is 3. The van der Waals surface area contributed by atoms with Gasteiger partial charge < -0.3 is 111 Å². The number of aliphatic hydroxyl groups is 2. The summed E-state index contributed by atoms with van der Waals surface area (Å²) >= 11 is 0. The van der Waals surface area contributed by atoms with Crippen LogP contribution in [-0.4, -0.2) is 260 Å². The second-order valence-corrected chi connectivity index (χ2v) is 36.6. The second kappa shape index (κ2) is 59.4. The molecule has 0 saturated carbocycles. The highest BCUT2D eigenvalue weighted by Gasteiger charge is 2.44. The number of hydrogen-bond acceptors (Lipinski definition) is 23. The number of H-pyrrole nitrogens is 2. The van der Waals surface area contributed by atoms with Crippen LogP contribution in [0.15, 0.2) is 73.3 Å². The first kappa shape index (κ1) is 110. The molecule has 43 heteroatoms. The number of primary amides is 2. The summed E-state index contributed by atoms with van der Waals surface area (Å²) in [7, 11) is -3.88. The average molecular weight is 1900 g/mol. The van der Waals surface area contributed by atoms with Gasteiger partial charge in [0.15, 0.2) is 15.8 Å². The number of aromatic amines is 2. The standard InChI is InChI=1S/C91H138N20O22S/c1-3-5-7-8-9-10-11-12-13-14-15-16-21-31-61(114)55-134(132,133)45-27-37-77(117)99-52-78(118)101-68(41-43-79(119)120)83(124)105-69(40-42-76(92)116)84(125)108-73(48-59-51-96-56-100-59)87(128)110-74(54-112)88(129)104-66(33-6-4-2)81(122)106-70-39-38-60(113)30-22-18-23-35-65(80(93)121)102-86(127)72(47-58-50-98-64-34-25-24-32-63(58)64)107-82(123)67(36-26-44-97-91(94)95)103-85(126)71(46-57-28-19-17-20-29-57)109-89(130)75-49-62(115)53-111(75)90(70)131/h17,19-20,24-25,28-29,32,34,50-51,56,62,65-75,98,112,115H,3-16,18,21-23,26-27,30-31,33,35-49,52-55H2,1-2H3,(H2,92,116)(H2,93,121)(H,96,100)(H,99,117)(H,101,118)(H,102,127)(H,103,126)(H,104,129)(H,105,124)(H,106,122)(H,107,123)(H,108,125)(H,109,130)(H,110,128)(H,119,120)(H4,94,95,97)/t62-,65+,66+,67+,68+,69+,70+,71-,72+,73+,74+,75+/m1/s1. The highest BCUT2D eigenvalue weighted by Crippen LogP contribution is 2.25. The molecule has 0 unspecified atom stereocenters. The van der Waals surface area contributed by atoms with Crippen LogP contribution in [0.2, 0.25) is 0 Å². The molecule has 0 radical (unpaired) electrons. The number of nitrogens with one attached hydrogen (secondary N) is 15. The number of para-hydroxylation sites is 1. The van der Waals surface area contributed by atoms with Crippen molar-refractivity contribution in [3.8, 4) is 0 Å². The molecule has 2 fully saturated rings. The lowest BCUT2D eigenvalue weighted by Crippen LogP contribution is -2.61. The van der Waals surface area contributed by atoms with Gasteiger partial charge in [0.2, 0.25) is 82.7 Å². The lowest BCUT2D eigenvalue weighted by atomic mass is 10.00. The number of aliphatic hydroxyl groups excluding tert-OH is 2. The summed E-state index contributed by atoms with van der Waals surface area (Å²) in [6.07, 6.45) is 13.1. The predicted octanol–water partition coefficient (Wildman–Crippen LogP) is 0.465. The minimum atomic E-state index is -3.88. The number of carboxylic acids is 1. The second-order valence-electron chi connectivity index (χ2n) is 34.4. The molecule has 2 aliphatic rings. The van der Waals surface area contributed by atoms with Gasteiger partial charge in [-0.05, 0) is 81.4 Å². The Morgan fingerprint density at radius 2 is 1.16 bits per heavy atom. The number of sulfone groups is 1. The molecule has 134 heavy (non-hydrogen) atoms. The number of Topliss-reactive ketones (excluding diaryl/α,β-unsaturated/α-hetero) is 2. The van der Waals surface area contributed by atoms with Gasteiger partial charge in [0.05, 0.1) is 37.0 Å². The first-order chi connectivity index (χ1) is 64.1. The lowest BCUT2D eigenvalue weighted by molar-refractivity contribution is -0.143. The summed E-state index contributed by atoms with van der Waals surface area (Å²) < 4.78 is 25.7. The fourth-order valence-electron chi connectivity index (χ4n) is 15.8. The quantitative estimate of drug-likeness (QED) is 0.0162. The van der Waals surface area contributed by atoms with Gasteiger partial charge in [-0.3, -0.25) is 86.9 Å². The van der Waals surface area contributed by atoms with Crippen LogP contribution < -0.4 is 81.0 Å². The van der Waals surface area contributed by atoms with Gasteiger partial charge >= 0.3 is 5.97 Å². The zero-order valence-corrected chi connectivity index (χ0v) is 77.5. The Kier molecular flexibility index (Phi) is 48.9. The highest BCUT2D eigenvalue weighted by atomic mass is 32.2. The maximum absolute atomic E-state index is 15.4. The third-order valence-electron chi connectivity index (χ3n) is 23.3. The molecule has 4 heterocycles. The SMILES string of the molecule is CCCCCCCCCCCCCCCC(=O)CS(=O)(=O)CCCC(=O)NCC(=O)N[C@@H](CCC(=O)O)C(=O)N[C@@H](CCC(N)=O)C(=O)N[C@@H](Cc1c[nH]cn1)C(=O)N[C@@H](CO)C(=O)N[C@@H](CCCC)C(=O)N[C@H]1CCC(=O)CCCCC[C@@H](C(N)=O)NC(=O)[C@H](Cc2c[nH]c3ccccc23)NC(=O)[C@H](CCCNC(=N)N)NC(=O)[C@@H](Cc2ccccc2)NC(=O)[C@@H]2C[C@@H](O)CN2C1=O. The average Bonchev–Trinajstić information content (AvgIpc) is 1.68. The minimum Gasteiger partial charge on any atom is -0.481 e. The number of hydrogen-bond donors (Lipinski definition) is 21. The molecule has 740 valence electrons. The topological polar surface area (TPSA) is 679 Å². The van der Waals surface area contributed by atoms with Gasteiger partial charge in [-0.15, -0.1) is 0 Å². The Hall–Kier alpha value is -12.3. The fourth-order valence-corrected chi connectivity index (χ4v) is 17.2. The molecule has 2 aromatic heterocycles. The Bertz CT molecular complexity index is 4670.